The lowest BCUT2D eigenvalue weighted by Gasteiger charge is -2.29. The van der Waals surface area contributed by atoms with Gasteiger partial charge in [-0.3, -0.25) is 9.69 Å². The summed E-state index contributed by atoms with van der Waals surface area (Å²) in [6.45, 7) is 10.3. The fourth-order valence-corrected chi connectivity index (χ4v) is 3.62. The van der Waals surface area contributed by atoms with Crippen LogP contribution in [-0.2, 0) is 9.53 Å². The molecule has 6 nitrogen and oxygen atoms in total. The Bertz CT molecular complexity index is 974. The number of rotatable bonds is 7. The van der Waals surface area contributed by atoms with Crippen LogP contribution in [0.5, 0.6) is 11.5 Å². The monoisotopic (exact) mass is 463 g/mol. The number of nitrogens with zero attached hydrogens (tertiary/aromatic N) is 1. The molecular formula is C28H33NO5. The van der Waals surface area contributed by atoms with Crippen LogP contribution in [0.2, 0.25) is 0 Å². The molecule has 2 aromatic rings. The molecule has 0 aromatic heterocycles. The van der Waals surface area contributed by atoms with Crippen molar-refractivity contribution >= 4 is 24.0 Å². The fourth-order valence-electron chi connectivity index (χ4n) is 3.62. The minimum atomic E-state index is -0.437. The average Bonchev–Trinajstić information content (AvgIpc) is 2.78. The Morgan fingerprint density at radius 3 is 1.59 bits per heavy atom. The molecule has 0 saturated carbocycles. The van der Waals surface area contributed by atoms with Crippen LogP contribution in [0.4, 0.5) is 4.79 Å². The number of ether oxygens (including phenoxy) is 3. The predicted molar refractivity (Wildman–Crippen MR) is 134 cm³/mol. The molecule has 0 bridgehead atoms. The summed E-state index contributed by atoms with van der Waals surface area (Å²) in [5.74, 6) is 1.46. The molecule has 180 valence electrons. The first-order valence-electron chi connectivity index (χ1n) is 11.7. The summed E-state index contributed by atoms with van der Waals surface area (Å²) in [7, 11) is 0. The Labute approximate surface area is 201 Å². The van der Waals surface area contributed by atoms with Gasteiger partial charge in [-0.05, 0) is 82.2 Å². The van der Waals surface area contributed by atoms with Crippen molar-refractivity contribution in [1.29, 1.82) is 0 Å². The van der Waals surface area contributed by atoms with Crippen molar-refractivity contribution in [2.75, 3.05) is 19.7 Å². The number of hydrogen-bond acceptors (Lipinski definition) is 5. The Morgan fingerprint density at radius 2 is 1.24 bits per heavy atom. The molecule has 0 radical (unpaired) electrons. The number of benzene rings is 2. The third-order valence-corrected chi connectivity index (χ3v) is 5.02. The predicted octanol–water partition coefficient (Wildman–Crippen LogP) is 5.77. The fraction of sp³-hybridized carbons (Fsp3) is 0.357. The summed E-state index contributed by atoms with van der Waals surface area (Å²) in [6, 6.07) is 15.1. The van der Waals surface area contributed by atoms with Crippen LogP contribution in [-0.4, -0.2) is 48.7 Å². The number of hydrogen-bond donors (Lipinski definition) is 0. The van der Waals surface area contributed by atoms with E-state index in [-0.39, 0.29) is 37.7 Å². The van der Waals surface area contributed by atoms with E-state index in [9.17, 15) is 9.59 Å². The lowest BCUT2D eigenvalue weighted by atomic mass is 9.94. The zero-order valence-corrected chi connectivity index (χ0v) is 20.5. The Kier molecular flexibility index (Phi) is 8.52. The third kappa shape index (κ3) is 6.98. The van der Waals surface area contributed by atoms with Crippen molar-refractivity contribution in [1.82, 2.24) is 4.90 Å². The van der Waals surface area contributed by atoms with Crippen LogP contribution in [0.15, 0.2) is 59.7 Å². The van der Waals surface area contributed by atoms with E-state index in [4.69, 9.17) is 14.2 Å². The molecule has 0 unspecified atom stereocenters. The minimum Gasteiger partial charge on any atom is -0.491 e. The van der Waals surface area contributed by atoms with Crippen LogP contribution in [0, 0.1) is 0 Å². The van der Waals surface area contributed by atoms with Crippen molar-refractivity contribution < 1.29 is 23.8 Å². The number of Topliss-reactive ketones (excluding diaryl/α,β-unsaturated/α-hetero) is 1. The molecule has 2 aromatic carbocycles. The van der Waals surface area contributed by atoms with Gasteiger partial charge >= 0.3 is 6.09 Å². The van der Waals surface area contributed by atoms with Crippen molar-refractivity contribution in [2.24, 2.45) is 0 Å². The molecule has 0 aliphatic carbocycles. The molecule has 6 heteroatoms. The van der Waals surface area contributed by atoms with Crippen LogP contribution < -0.4 is 9.47 Å². The second-order valence-corrected chi connectivity index (χ2v) is 8.69. The summed E-state index contributed by atoms with van der Waals surface area (Å²) in [4.78, 5) is 27.4. The molecule has 0 atom stereocenters. The quantitative estimate of drug-likeness (QED) is 0.488. The highest BCUT2D eigenvalue weighted by atomic mass is 16.6. The first kappa shape index (κ1) is 25.1. The highest BCUT2D eigenvalue weighted by Crippen LogP contribution is 2.24. The SMILES string of the molecule is CCOC(=O)N1C/C(=C\c2ccc(OC(C)C)cc2)C(=O)/C(=C/c2ccc(OC(C)C)cc2)C1. The lowest BCUT2D eigenvalue weighted by molar-refractivity contribution is -0.113. The standard InChI is InChI=1S/C28H33NO5/c1-6-32-28(31)29-17-23(15-21-7-11-25(12-8-21)33-19(2)3)27(30)24(18-29)16-22-9-13-26(14-10-22)34-20(4)5/h7-16,19-20H,6,17-18H2,1-5H3/b23-15+,24-16+. The summed E-state index contributed by atoms with van der Waals surface area (Å²) in [5, 5.41) is 0. The molecule has 1 aliphatic rings. The van der Waals surface area contributed by atoms with Gasteiger partial charge in [0, 0.05) is 11.1 Å². The minimum absolute atomic E-state index is 0.0782. The van der Waals surface area contributed by atoms with Crippen molar-refractivity contribution in [3.8, 4) is 11.5 Å². The van der Waals surface area contributed by atoms with Crippen molar-refractivity contribution in [3.05, 3.63) is 70.8 Å². The van der Waals surface area contributed by atoms with Gasteiger partial charge in [0.1, 0.15) is 11.5 Å². The number of piperidine rings is 1. The maximum Gasteiger partial charge on any atom is 0.410 e. The van der Waals surface area contributed by atoms with E-state index in [0.717, 1.165) is 22.6 Å². The first-order chi connectivity index (χ1) is 16.2. The molecule has 1 aliphatic heterocycles. The molecule has 1 amide bonds. The van der Waals surface area contributed by atoms with Crippen molar-refractivity contribution in [2.45, 2.75) is 46.8 Å². The number of likely N-dealkylation sites (tertiary alicyclic amines) is 1. The van der Waals surface area contributed by atoms with Crippen LogP contribution in [0.1, 0.15) is 45.7 Å². The van der Waals surface area contributed by atoms with E-state index in [1.54, 1.807) is 11.8 Å². The van der Waals surface area contributed by atoms with Gasteiger partial charge in [0.2, 0.25) is 0 Å². The molecule has 1 saturated heterocycles. The average molecular weight is 464 g/mol. The largest absolute Gasteiger partial charge is 0.491 e. The van der Waals surface area contributed by atoms with Gasteiger partial charge < -0.3 is 14.2 Å². The number of carbonyl (C=O) groups is 2. The van der Waals surface area contributed by atoms with Gasteiger partial charge in [0.05, 0.1) is 31.9 Å². The summed E-state index contributed by atoms with van der Waals surface area (Å²) >= 11 is 0. The van der Waals surface area contributed by atoms with Crippen LogP contribution in [0.3, 0.4) is 0 Å². The van der Waals surface area contributed by atoms with Gasteiger partial charge in [-0.1, -0.05) is 24.3 Å². The van der Waals surface area contributed by atoms with E-state index in [1.165, 1.54) is 0 Å². The summed E-state index contributed by atoms with van der Waals surface area (Å²) in [5.41, 5.74) is 2.78. The van der Waals surface area contributed by atoms with E-state index < -0.39 is 6.09 Å². The number of amides is 1. The number of carbonyl (C=O) groups excluding carboxylic acids is 2. The highest BCUT2D eigenvalue weighted by molar-refractivity contribution is 6.15. The lowest BCUT2D eigenvalue weighted by Crippen LogP contribution is -2.41. The van der Waals surface area contributed by atoms with Crippen molar-refractivity contribution in [3.63, 3.8) is 0 Å². The zero-order chi connectivity index (χ0) is 24.7. The normalized spacial score (nSPS) is 16.4. The van der Waals surface area contributed by atoms with Gasteiger partial charge in [-0.25, -0.2) is 4.79 Å². The van der Waals surface area contributed by atoms with Gasteiger partial charge in [0.15, 0.2) is 5.78 Å². The summed E-state index contributed by atoms with van der Waals surface area (Å²) < 4.78 is 16.6. The zero-order valence-electron chi connectivity index (χ0n) is 20.5. The van der Waals surface area contributed by atoms with E-state index in [0.29, 0.717) is 11.1 Å². The van der Waals surface area contributed by atoms with Gasteiger partial charge in [0.25, 0.3) is 0 Å². The Hall–Kier alpha value is -3.54. The molecule has 0 N–H and O–H groups in total. The van der Waals surface area contributed by atoms with E-state index in [2.05, 4.69) is 0 Å². The molecule has 0 spiro atoms. The van der Waals surface area contributed by atoms with Crippen LogP contribution in [0.25, 0.3) is 12.2 Å². The molecule has 34 heavy (non-hydrogen) atoms. The first-order valence-corrected chi connectivity index (χ1v) is 11.7. The van der Waals surface area contributed by atoms with Crippen LogP contribution >= 0.6 is 0 Å². The Balaban J connectivity index is 1.89. The second kappa shape index (κ2) is 11.5. The van der Waals surface area contributed by atoms with E-state index >= 15 is 0 Å². The molecular weight excluding hydrogens is 430 g/mol. The Morgan fingerprint density at radius 1 is 0.824 bits per heavy atom. The maximum absolute atomic E-state index is 13.3. The molecule has 3 rings (SSSR count). The third-order valence-electron chi connectivity index (χ3n) is 5.02. The topological polar surface area (TPSA) is 65.1 Å². The van der Waals surface area contributed by atoms with E-state index in [1.807, 2.05) is 88.4 Å². The second-order valence-electron chi connectivity index (χ2n) is 8.69. The molecule has 1 fully saturated rings. The summed E-state index contributed by atoms with van der Waals surface area (Å²) in [6.07, 6.45) is 3.37. The maximum atomic E-state index is 13.3. The van der Waals surface area contributed by atoms with Gasteiger partial charge in [-0.15, -0.1) is 0 Å². The number of ketones is 1. The smallest absolute Gasteiger partial charge is 0.410 e. The molecule has 1 heterocycles. The highest BCUT2D eigenvalue weighted by Gasteiger charge is 2.29. The van der Waals surface area contributed by atoms with Gasteiger partial charge in [-0.2, -0.15) is 0 Å².